The summed E-state index contributed by atoms with van der Waals surface area (Å²) < 4.78 is 5.35. The molecule has 1 aliphatic rings. The van der Waals surface area contributed by atoms with Gasteiger partial charge in [0.15, 0.2) is 0 Å². The largest absolute Gasteiger partial charge is 0.379 e. The second kappa shape index (κ2) is 6.21. The van der Waals surface area contributed by atoms with Crippen molar-refractivity contribution in [2.45, 2.75) is 26.3 Å². The van der Waals surface area contributed by atoms with Crippen molar-refractivity contribution >= 4 is 5.91 Å². The Kier molecular flexibility index (Phi) is 5.22. The summed E-state index contributed by atoms with van der Waals surface area (Å²) in [6.45, 7) is 6.38. The van der Waals surface area contributed by atoms with Gasteiger partial charge in [0, 0.05) is 19.6 Å². The van der Waals surface area contributed by atoms with Crippen LogP contribution in [0.5, 0.6) is 0 Å². The zero-order valence-electron chi connectivity index (χ0n) is 10.8. The van der Waals surface area contributed by atoms with Crippen molar-refractivity contribution in [3.63, 3.8) is 0 Å². The van der Waals surface area contributed by atoms with Crippen LogP contribution in [0.3, 0.4) is 0 Å². The lowest BCUT2D eigenvalue weighted by Gasteiger charge is -2.24. The van der Waals surface area contributed by atoms with E-state index >= 15 is 0 Å². The van der Waals surface area contributed by atoms with Gasteiger partial charge >= 0.3 is 0 Å². The summed E-state index contributed by atoms with van der Waals surface area (Å²) >= 11 is 0. The first-order chi connectivity index (χ1) is 7.56. The Bertz CT molecular complexity index is 231. The predicted molar refractivity (Wildman–Crippen MR) is 64.2 cm³/mol. The number of rotatable bonds is 5. The van der Waals surface area contributed by atoms with Gasteiger partial charge in [0.05, 0.1) is 19.1 Å². The van der Waals surface area contributed by atoms with E-state index in [2.05, 4.69) is 19.2 Å². The Balaban J connectivity index is 2.43. The first kappa shape index (κ1) is 13.5. The highest BCUT2D eigenvalue weighted by Crippen LogP contribution is 2.16. The van der Waals surface area contributed by atoms with E-state index in [1.54, 1.807) is 0 Å². The van der Waals surface area contributed by atoms with Crippen molar-refractivity contribution in [1.82, 2.24) is 10.2 Å². The van der Waals surface area contributed by atoms with Gasteiger partial charge in [0.25, 0.3) is 0 Å². The second-order valence-electron chi connectivity index (χ2n) is 4.98. The Morgan fingerprint density at radius 2 is 2.19 bits per heavy atom. The Morgan fingerprint density at radius 3 is 2.75 bits per heavy atom. The number of hydrogen-bond donors (Lipinski definition) is 1. The van der Waals surface area contributed by atoms with Gasteiger partial charge in [-0.2, -0.15) is 0 Å². The molecule has 1 rings (SSSR count). The van der Waals surface area contributed by atoms with E-state index in [0.29, 0.717) is 19.1 Å². The van der Waals surface area contributed by atoms with Crippen molar-refractivity contribution in [1.29, 1.82) is 0 Å². The molecular weight excluding hydrogens is 204 g/mol. The lowest BCUT2D eigenvalue weighted by atomic mass is 10.0. The first-order valence-corrected chi connectivity index (χ1v) is 6.06. The highest BCUT2D eigenvalue weighted by molar-refractivity contribution is 5.79. The number of hydrogen-bond acceptors (Lipinski definition) is 3. The molecule has 1 aliphatic heterocycles. The van der Waals surface area contributed by atoms with E-state index < -0.39 is 0 Å². The maximum Gasteiger partial charge on any atom is 0.229 e. The van der Waals surface area contributed by atoms with Crippen LogP contribution < -0.4 is 5.32 Å². The van der Waals surface area contributed by atoms with Crippen LogP contribution in [-0.4, -0.2) is 50.7 Å². The summed E-state index contributed by atoms with van der Waals surface area (Å²) in [7, 11) is 3.77. The Morgan fingerprint density at radius 1 is 1.50 bits per heavy atom. The number of likely N-dealkylation sites (N-methyl/N-ethyl adjacent to an activating group) is 1. The van der Waals surface area contributed by atoms with Crippen molar-refractivity contribution in [2.24, 2.45) is 11.8 Å². The molecule has 1 saturated heterocycles. The van der Waals surface area contributed by atoms with Crippen LogP contribution in [-0.2, 0) is 9.53 Å². The average molecular weight is 228 g/mol. The fourth-order valence-corrected chi connectivity index (χ4v) is 1.93. The molecule has 1 heterocycles. The summed E-state index contributed by atoms with van der Waals surface area (Å²) in [5.74, 6) is 0.829. The lowest BCUT2D eigenvalue weighted by molar-refractivity contribution is -0.134. The van der Waals surface area contributed by atoms with E-state index in [9.17, 15) is 4.79 Å². The summed E-state index contributed by atoms with van der Waals surface area (Å²) in [5, 5.41) is 3.14. The topological polar surface area (TPSA) is 41.6 Å². The third kappa shape index (κ3) is 3.46. The van der Waals surface area contributed by atoms with Crippen LogP contribution in [0.4, 0.5) is 0 Å². The zero-order valence-corrected chi connectivity index (χ0v) is 10.8. The molecule has 16 heavy (non-hydrogen) atoms. The molecule has 1 fully saturated rings. The van der Waals surface area contributed by atoms with Gasteiger partial charge in [0.2, 0.25) is 5.91 Å². The van der Waals surface area contributed by atoms with Crippen molar-refractivity contribution < 1.29 is 9.53 Å². The predicted octanol–water partition coefficient (Wildman–Crippen LogP) is 0.725. The molecule has 2 atom stereocenters. The fourth-order valence-electron chi connectivity index (χ4n) is 1.93. The van der Waals surface area contributed by atoms with Gasteiger partial charge < -0.3 is 15.0 Å². The van der Waals surface area contributed by atoms with Gasteiger partial charge in [-0.1, -0.05) is 13.8 Å². The quantitative estimate of drug-likeness (QED) is 0.754. The van der Waals surface area contributed by atoms with Crippen LogP contribution in [0.2, 0.25) is 0 Å². The van der Waals surface area contributed by atoms with Gasteiger partial charge in [-0.15, -0.1) is 0 Å². The summed E-state index contributed by atoms with van der Waals surface area (Å²) in [6, 6.07) is 0.175. The molecule has 1 N–H and O–H groups in total. The van der Waals surface area contributed by atoms with Gasteiger partial charge in [-0.05, 0) is 19.4 Å². The third-order valence-electron chi connectivity index (χ3n) is 3.19. The zero-order chi connectivity index (χ0) is 12.1. The van der Waals surface area contributed by atoms with E-state index in [-0.39, 0.29) is 17.9 Å². The van der Waals surface area contributed by atoms with Crippen LogP contribution in [0.15, 0.2) is 0 Å². The molecule has 0 saturated carbocycles. The Labute approximate surface area is 98.3 Å². The molecule has 0 aromatic carbocycles. The van der Waals surface area contributed by atoms with E-state index in [0.717, 1.165) is 13.0 Å². The van der Waals surface area contributed by atoms with Gasteiger partial charge in [0.1, 0.15) is 0 Å². The molecule has 4 heteroatoms. The van der Waals surface area contributed by atoms with Crippen LogP contribution in [0.25, 0.3) is 0 Å². The van der Waals surface area contributed by atoms with Crippen LogP contribution in [0.1, 0.15) is 20.3 Å². The van der Waals surface area contributed by atoms with Crippen LogP contribution in [0, 0.1) is 11.8 Å². The standard InChI is InChI=1S/C12H24N2O2/c1-9(2)5-6-14(4)12(15)10-7-16-8-11(10)13-3/h9-11,13H,5-8H2,1-4H3. The number of carbonyl (C=O) groups is 1. The fraction of sp³-hybridized carbons (Fsp3) is 0.917. The molecule has 1 amide bonds. The number of ether oxygens (including phenoxy) is 1. The van der Waals surface area contributed by atoms with Crippen LogP contribution >= 0.6 is 0 Å². The van der Waals surface area contributed by atoms with E-state index in [1.807, 2.05) is 19.0 Å². The number of carbonyl (C=O) groups excluding carboxylic acids is 1. The van der Waals surface area contributed by atoms with Crippen molar-refractivity contribution in [3.05, 3.63) is 0 Å². The molecule has 0 aliphatic carbocycles. The molecule has 0 bridgehead atoms. The minimum Gasteiger partial charge on any atom is -0.379 e. The first-order valence-electron chi connectivity index (χ1n) is 6.06. The highest BCUT2D eigenvalue weighted by Gasteiger charge is 2.34. The molecular formula is C12H24N2O2. The lowest BCUT2D eigenvalue weighted by Crippen LogP contribution is -2.43. The molecule has 0 aromatic rings. The van der Waals surface area contributed by atoms with Crippen molar-refractivity contribution in [2.75, 3.05) is 33.9 Å². The molecule has 0 radical (unpaired) electrons. The maximum atomic E-state index is 12.1. The summed E-state index contributed by atoms with van der Waals surface area (Å²) in [6.07, 6.45) is 1.06. The Hall–Kier alpha value is -0.610. The monoisotopic (exact) mass is 228 g/mol. The smallest absolute Gasteiger partial charge is 0.229 e. The minimum atomic E-state index is -0.0119. The maximum absolute atomic E-state index is 12.1. The molecule has 0 spiro atoms. The minimum absolute atomic E-state index is 0.0119. The number of nitrogens with one attached hydrogen (secondary N) is 1. The SMILES string of the molecule is CNC1COCC1C(=O)N(C)CCC(C)C. The molecule has 0 aromatic heterocycles. The van der Waals surface area contributed by atoms with Crippen molar-refractivity contribution in [3.8, 4) is 0 Å². The van der Waals surface area contributed by atoms with E-state index in [1.165, 1.54) is 0 Å². The number of nitrogens with zero attached hydrogens (tertiary/aromatic N) is 1. The molecule has 2 unspecified atom stereocenters. The summed E-state index contributed by atoms with van der Waals surface area (Å²) in [4.78, 5) is 14.0. The highest BCUT2D eigenvalue weighted by atomic mass is 16.5. The normalized spacial score (nSPS) is 25.1. The van der Waals surface area contributed by atoms with E-state index in [4.69, 9.17) is 4.74 Å². The number of amides is 1. The average Bonchev–Trinajstić information content (AvgIpc) is 2.72. The molecule has 94 valence electrons. The van der Waals surface area contributed by atoms with Gasteiger partial charge in [-0.25, -0.2) is 0 Å². The third-order valence-corrected chi connectivity index (χ3v) is 3.19. The second-order valence-corrected chi connectivity index (χ2v) is 4.98. The molecule has 4 nitrogen and oxygen atoms in total. The summed E-state index contributed by atoms with van der Waals surface area (Å²) in [5.41, 5.74) is 0. The van der Waals surface area contributed by atoms with Gasteiger partial charge in [-0.3, -0.25) is 4.79 Å².